The van der Waals surface area contributed by atoms with Gasteiger partial charge in [0.2, 0.25) is 0 Å². The highest BCUT2D eigenvalue weighted by atomic mass is 15.0. The number of hydrogen-bond acceptors (Lipinski definition) is 2. The molecule has 2 atom stereocenters. The summed E-state index contributed by atoms with van der Waals surface area (Å²) in [6, 6.07) is 118. The third kappa shape index (κ3) is 8.08. The largest absolute Gasteiger partial charge is 0.309 e. The third-order valence-electron chi connectivity index (χ3n) is 21.3. The highest BCUT2D eigenvalue weighted by Crippen LogP contribution is 2.66. The standard InChI is InChI=1S/C91H58N6/c1-4-21-57(22-5-1)59-24-20-25-62(49-59)89-88-69-30-11-10-23-58(69)39-43-78(88)92-90(93-89)63-50-67(96-81-37-18-13-32-71(81)75-53-61(41-45-84(75)96)60-40-44-83-74(52-60)70-31-12-16-35-79(70)94(83)65-26-6-2-7-27-65)55-68(51-63)97-82-38-19-15-34-73(82)87-77-56-91(77,48-47-86(87)97)64-42-46-85-76(54-64)72-33-14-17-36-80(72)95(85)66-28-8-3-9-29-66/h1-55,77H,56H2. The van der Waals surface area contributed by atoms with Crippen LogP contribution in [-0.2, 0) is 5.41 Å². The molecule has 21 rings (SSSR count). The molecule has 0 saturated heterocycles. The van der Waals surface area contributed by atoms with Crippen LogP contribution < -0.4 is 0 Å². The molecule has 1 saturated carbocycles. The van der Waals surface area contributed by atoms with Gasteiger partial charge in [0.1, 0.15) is 0 Å². The normalized spacial score (nSPS) is 15.1. The zero-order valence-corrected chi connectivity index (χ0v) is 52.7. The quantitative estimate of drug-likeness (QED) is 0.135. The average Bonchev–Trinajstić information content (AvgIpc) is 1.52. The van der Waals surface area contributed by atoms with E-state index in [0.29, 0.717) is 5.82 Å². The van der Waals surface area contributed by atoms with Crippen LogP contribution in [0, 0.1) is 0 Å². The van der Waals surface area contributed by atoms with E-state index in [2.05, 4.69) is 352 Å². The molecule has 0 amide bonds. The number of nitrogens with zero attached hydrogens (tertiary/aromatic N) is 6. The van der Waals surface area contributed by atoms with Crippen molar-refractivity contribution in [1.82, 2.24) is 28.2 Å². The molecule has 2 aliphatic rings. The van der Waals surface area contributed by atoms with Crippen LogP contribution in [0.15, 0.2) is 328 Å². The van der Waals surface area contributed by atoms with E-state index in [-0.39, 0.29) is 11.3 Å². The predicted molar refractivity (Wildman–Crippen MR) is 403 cm³/mol. The fourth-order valence-electron chi connectivity index (χ4n) is 16.8. The predicted octanol–water partition coefficient (Wildman–Crippen LogP) is 23.1. The number of hydrogen-bond donors (Lipinski definition) is 0. The molecule has 452 valence electrons. The molecule has 6 nitrogen and oxygen atoms in total. The Hall–Kier alpha value is -12.6. The lowest BCUT2D eigenvalue weighted by molar-refractivity contribution is 0.833. The van der Waals surface area contributed by atoms with Crippen molar-refractivity contribution in [2.75, 3.05) is 0 Å². The summed E-state index contributed by atoms with van der Waals surface area (Å²) in [5, 5.41) is 12.0. The first-order valence-electron chi connectivity index (χ1n) is 33.6. The second-order valence-electron chi connectivity index (χ2n) is 26.5. The Morgan fingerprint density at radius 2 is 0.773 bits per heavy atom. The number of para-hydroxylation sites is 6. The smallest absolute Gasteiger partial charge is 0.160 e. The van der Waals surface area contributed by atoms with Gasteiger partial charge >= 0.3 is 0 Å². The molecule has 0 radical (unpaired) electrons. The molecule has 2 aliphatic carbocycles. The van der Waals surface area contributed by atoms with E-state index in [1.807, 2.05) is 0 Å². The summed E-state index contributed by atoms with van der Waals surface area (Å²) < 4.78 is 9.81. The van der Waals surface area contributed by atoms with E-state index < -0.39 is 0 Å². The van der Waals surface area contributed by atoms with Crippen molar-refractivity contribution in [3.8, 4) is 67.6 Å². The first kappa shape index (κ1) is 53.8. The van der Waals surface area contributed by atoms with Crippen LogP contribution >= 0.6 is 0 Å². The number of aromatic nitrogens is 6. The molecule has 5 heterocycles. The summed E-state index contributed by atoms with van der Waals surface area (Å²) in [6.45, 7) is 0. The van der Waals surface area contributed by atoms with Crippen LogP contribution in [0.2, 0.25) is 0 Å². The van der Waals surface area contributed by atoms with Gasteiger partial charge in [0, 0.05) is 88.3 Å². The topological polar surface area (TPSA) is 45.5 Å². The SMILES string of the molecule is C1=CC2(c3ccc4c(c3)c3ccccc3n4-c3ccccc3)CC2c2c1n(-c1cc(-c3nc(-c4cccc(-c5ccccc5)c4)c4c(ccc5ccccc54)n3)cc(-n3c4ccccc4c4cc(-c5ccc6c(c5)c5ccccc5n6-c5ccccc5)ccc43)c1)c1ccccc21. The maximum absolute atomic E-state index is 5.82. The Balaban J connectivity index is 0.773. The van der Waals surface area contributed by atoms with Gasteiger partial charge in [-0.15, -0.1) is 0 Å². The maximum atomic E-state index is 5.82. The molecular formula is C91H58N6. The summed E-state index contributed by atoms with van der Waals surface area (Å²) >= 11 is 0. The maximum Gasteiger partial charge on any atom is 0.160 e. The minimum Gasteiger partial charge on any atom is -0.309 e. The van der Waals surface area contributed by atoms with E-state index in [4.69, 9.17) is 9.97 Å². The zero-order chi connectivity index (χ0) is 63.5. The Kier molecular flexibility index (Phi) is 11.5. The molecule has 0 aliphatic heterocycles. The fourth-order valence-corrected chi connectivity index (χ4v) is 16.8. The average molecular weight is 1240 g/mol. The first-order chi connectivity index (χ1) is 48.1. The van der Waals surface area contributed by atoms with Gasteiger partial charge in [-0.2, -0.15) is 0 Å². The van der Waals surface area contributed by atoms with Crippen LogP contribution in [0.1, 0.15) is 29.2 Å². The zero-order valence-electron chi connectivity index (χ0n) is 52.7. The summed E-state index contributed by atoms with van der Waals surface area (Å²) in [5.41, 5.74) is 24.8. The molecular weight excluding hydrogens is 1180 g/mol. The minimum atomic E-state index is -0.148. The van der Waals surface area contributed by atoms with Crippen molar-refractivity contribution >= 4 is 104 Å². The van der Waals surface area contributed by atoms with E-state index in [1.54, 1.807) is 0 Å². The summed E-state index contributed by atoms with van der Waals surface area (Å²) in [7, 11) is 0. The van der Waals surface area contributed by atoms with Crippen molar-refractivity contribution in [1.29, 1.82) is 0 Å². The monoisotopic (exact) mass is 1230 g/mol. The molecule has 0 N–H and O–H groups in total. The van der Waals surface area contributed by atoms with Gasteiger partial charge in [-0.3, -0.25) is 0 Å². The van der Waals surface area contributed by atoms with Crippen LogP contribution in [0.25, 0.3) is 172 Å². The molecule has 0 bridgehead atoms. The second kappa shape index (κ2) is 20.7. The van der Waals surface area contributed by atoms with Crippen molar-refractivity contribution in [3.05, 3.63) is 344 Å². The number of allylic oxidation sites excluding steroid dienone is 1. The lowest BCUT2D eigenvalue weighted by Crippen LogP contribution is -2.11. The first-order valence-corrected chi connectivity index (χ1v) is 33.6. The highest BCUT2D eigenvalue weighted by Gasteiger charge is 2.57. The van der Waals surface area contributed by atoms with Gasteiger partial charge in [-0.1, -0.05) is 212 Å². The molecule has 5 aromatic heterocycles. The van der Waals surface area contributed by atoms with Gasteiger partial charge < -0.3 is 18.3 Å². The van der Waals surface area contributed by atoms with Gasteiger partial charge in [-0.05, 0) is 172 Å². The van der Waals surface area contributed by atoms with Crippen LogP contribution in [0.3, 0.4) is 0 Å². The van der Waals surface area contributed by atoms with E-state index in [0.717, 1.165) is 89.7 Å². The van der Waals surface area contributed by atoms with E-state index in [9.17, 15) is 0 Å². The molecule has 6 heteroatoms. The van der Waals surface area contributed by atoms with Gasteiger partial charge in [0.15, 0.2) is 5.82 Å². The Morgan fingerprint density at radius 3 is 1.40 bits per heavy atom. The van der Waals surface area contributed by atoms with Gasteiger partial charge in [0.25, 0.3) is 0 Å². The molecule has 1 fully saturated rings. The molecule has 2 unspecified atom stereocenters. The van der Waals surface area contributed by atoms with E-state index in [1.165, 1.54) is 93.4 Å². The van der Waals surface area contributed by atoms with Gasteiger partial charge in [0.05, 0.1) is 55.5 Å². The molecule has 0 spiro atoms. The second-order valence-corrected chi connectivity index (χ2v) is 26.5. The van der Waals surface area contributed by atoms with Crippen LogP contribution in [-0.4, -0.2) is 28.2 Å². The Bertz CT molecular complexity index is 6540. The number of rotatable bonds is 9. The lowest BCUT2D eigenvalue weighted by atomic mass is 9.85. The molecule has 97 heavy (non-hydrogen) atoms. The van der Waals surface area contributed by atoms with Crippen molar-refractivity contribution in [3.63, 3.8) is 0 Å². The van der Waals surface area contributed by atoms with E-state index >= 15 is 0 Å². The number of benzene rings is 14. The van der Waals surface area contributed by atoms with Crippen LogP contribution in [0.5, 0.6) is 0 Å². The number of fused-ring (bicyclic) bond motifs is 17. The highest BCUT2D eigenvalue weighted by molar-refractivity contribution is 6.15. The summed E-state index contributed by atoms with van der Waals surface area (Å²) in [5.74, 6) is 0.938. The minimum absolute atomic E-state index is 0.148. The fraction of sp³-hybridized carbons (Fsp3) is 0.0330. The summed E-state index contributed by atoms with van der Waals surface area (Å²) in [6.07, 6.45) is 6.01. The molecule has 19 aromatic rings. The summed E-state index contributed by atoms with van der Waals surface area (Å²) in [4.78, 5) is 11.5. The Labute approximate surface area is 558 Å². The van der Waals surface area contributed by atoms with Crippen molar-refractivity contribution < 1.29 is 0 Å². The van der Waals surface area contributed by atoms with Crippen molar-refractivity contribution in [2.24, 2.45) is 0 Å². The van der Waals surface area contributed by atoms with Crippen molar-refractivity contribution in [2.45, 2.75) is 17.8 Å². The molecule has 14 aromatic carbocycles. The Morgan fingerprint density at radius 1 is 0.299 bits per heavy atom. The third-order valence-corrected chi connectivity index (χ3v) is 21.3. The lowest BCUT2D eigenvalue weighted by Gasteiger charge is -2.21. The van der Waals surface area contributed by atoms with Gasteiger partial charge in [-0.25, -0.2) is 9.97 Å². The van der Waals surface area contributed by atoms with Crippen LogP contribution in [0.4, 0.5) is 0 Å².